The van der Waals surface area contributed by atoms with E-state index in [9.17, 15) is 9.59 Å². The molecule has 0 saturated carbocycles. The van der Waals surface area contributed by atoms with Crippen LogP contribution in [0, 0.1) is 0 Å². The van der Waals surface area contributed by atoms with Crippen molar-refractivity contribution in [3.8, 4) is 0 Å². The zero-order valence-corrected chi connectivity index (χ0v) is 8.66. The van der Waals surface area contributed by atoms with E-state index in [0.29, 0.717) is 5.56 Å². The zero-order valence-electron chi connectivity index (χ0n) is 6.26. The number of carbonyl (C=O) groups excluding carboxylic acids is 2. The Balaban J connectivity index is 2.72. The number of thiophene rings is 1. The molecule has 0 aliphatic heterocycles. The molecule has 64 valence electrons. The third-order valence-electron chi connectivity index (χ3n) is 1.12. The lowest BCUT2D eigenvalue weighted by Crippen LogP contribution is -2.27. The number of halogens is 1. The zero-order chi connectivity index (χ0) is 9.14. The summed E-state index contributed by atoms with van der Waals surface area (Å²) in [5.74, 6) is -0.702. The summed E-state index contributed by atoms with van der Waals surface area (Å²) in [4.78, 5) is 21.6. The predicted molar refractivity (Wildman–Crippen MR) is 50.2 cm³/mol. The van der Waals surface area contributed by atoms with Gasteiger partial charge in [-0.2, -0.15) is 0 Å². The molecule has 0 aliphatic rings. The number of nitrogens with one attached hydrogen (secondary N) is 1. The van der Waals surface area contributed by atoms with Crippen LogP contribution in [0.15, 0.2) is 15.2 Å². The molecule has 0 bridgehead atoms. The molecular formula is C7H6BrNO2S. The number of rotatable bonds is 1. The van der Waals surface area contributed by atoms with Crippen molar-refractivity contribution in [1.82, 2.24) is 5.32 Å². The lowest BCUT2D eigenvalue weighted by molar-refractivity contribution is -0.118. The quantitative estimate of drug-likeness (QED) is 0.823. The molecule has 0 aromatic carbocycles. The fraction of sp³-hybridized carbons (Fsp3) is 0.143. The number of hydrogen-bond acceptors (Lipinski definition) is 3. The van der Waals surface area contributed by atoms with Crippen molar-refractivity contribution in [2.45, 2.75) is 6.92 Å². The van der Waals surface area contributed by atoms with Gasteiger partial charge in [0, 0.05) is 12.3 Å². The van der Waals surface area contributed by atoms with Crippen LogP contribution >= 0.6 is 27.3 Å². The SMILES string of the molecule is CC(=O)NC(=O)c1csc(Br)c1. The first-order chi connectivity index (χ1) is 5.59. The summed E-state index contributed by atoms with van der Waals surface area (Å²) in [5.41, 5.74) is 0.502. The van der Waals surface area contributed by atoms with Gasteiger partial charge < -0.3 is 0 Å². The monoisotopic (exact) mass is 247 g/mol. The second-order valence-corrected chi connectivity index (χ2v) is 4.44. The summed E-state index contributed by atoms with van der Waals surface area (Å²) in [6.45, 7) is 1.30. The maximum atomic E-state index is 11.1. The molecule has 2 amide bonds. The van der Waals surface area contributed by atoms with Crippen molar-refractivity contribution in [2.75, 3.05) is 0 Å². The molecular weight excluding hydrogens is 242 g/mol. The molecule has 1 heterocycles. The largest absolute Gasteiger partial charge is 0.293 e. The Labute approximate surface area is 81.9 Å². The Morgan fingerprint density at radius 2 is 2.25 bits per heavy atom. The third kappa shape index (κ3) is 2.42. The maximum Gasteiger partial charge on any atom is 0.258 e. The highest BCUT2D eigenvalue weighted by molar-refractivity contribution is 9.11. The van der Waals surface area contributed by atoms with Crippen molar-refractivity contribution in [1.29, 1.82) is 0 Å². The first-order valence-electron chi connectivity index (χ1n) is 3.15. The van der Waals surface area contributed by atoms with Crippen LogP contribution in [0.3, 0.4) is 0 Å². The van der Waals surface area contributed by atoms with Crippen LogP contribution in [0.2, 0.25) is 0 Å². The van der Waals surface area contributed by atoms with Gasteiger partial charge in [0.1, 0.15) is 0 Å². The van der Waals surface area contributed by atoms with Crippen molar-refractivity contribution in [3.05, 3.63) is 20.8 Å². The predicted octanol–water partition coefficient (Wildman–Crippen LogP) is 1.79. The van der Waals surface area contributed by atoms with Gasteiger partial charge in [-0.1, -0.05) is 0 Å². The number of imide groups is 1. The smallest absolute Gasteiger partial charge is 0.258 e. The van der Waals surface area contributed by atoms with E-state index in [-0.39, 0.29) is 11.8 Å². The van der Waals surface area contributed by atoms with Crippen LogP contribution in [0.1, 0.15) is 17.3 Å². The van der Waals surface area contributed by atoms with Crippen molar-refractivity contribution in [3.63, 3.8) is 0 Å². The standard InChI is InChI=1S/C7H6BrNO2S/c1-4(10)9-7(11)5-2-6(8)12-3-5/h2-3H,1H3,(H,9,10,11). The molecule has 0 aliphatic carbocycles. The van der Waals surface area contributed by atoms with Gasteiger partial charge in [0.25, 0.3) is 5.91 Å². The van der Waals surface area contributed by atoms with E-state index in [0.717, 1.165) is 3.79 Å². The number of hydrogen-bond donors (Lipinski definition) is 1. The van der Waals surface area contributed by atoms with E-state index < -0.39 is 0 Å². The van der Waals surface area contributed by atoms with Crippen LogP contribution < -0.4 is 5.32 Å². The molecule has 1 aromatic rings. The minimum atomic E-state index is -0.357. The van der Waals surface area contributed by atoms with Gasteiger partial charge in [-0.3, -0.25) is 14.9 Å². The van der Waals surface area contributed by atoms with E-state index in [1.807, 2.05) is 0 Å². The normalized spacial score (nSPS) is 9.50. The molecule has 0 saturated heterocycles. The van der Waals surface area contributed by atoms with E-state index >= 15 is 0 Å². The van der Waals surface area contributed by atoms with Crippen LogP contribution in [-0.4, -0.2) is 11.8 Å². The van der Waals surface area contributed by atoms with Crippen molar-refractivity contribution in [2.24, 2.45) is 0 Å². The van der Waals surface area contributed by atoms with Gasteiger partial charge in [0.2, 0.25) is 5.91 Å². The molecule has 0 radical (unpaired) electrons. The summed E-state index contributed by atoms with van der Waals surface area (Å²) >= 11 is 4.62. The van der Waals surface area contributed by atoms with Crippen LogP contribution in [0.4, 0.5) is 0 Å². The van der Waals surface area contributed by atoms with Gasteiger partial charge in [-0.05, 0) is 22.0 Å². The molecule has 0 atom stereocenters. The molecule has 1 aromatic heterocycles. The molecule has 0 fully saturated rings. The van der Waals surface area contributed by atoms with E-state index in [1.54, 1.807) is 11.4 Å². The average molecular weight is 248 g/mol. The maximum absolute atomic E-state index is 11.1. The van der Waals surface area contributed by atoms with Crippen LogP contribution in [-0.2, 0) is 4.79 Å². The first kappa shape index (κ1) is 9.41. The highest BCUT2D eigenvalue weighted by Gasteiger charge is 2.08. The summed E-state index contributed by atoms with van der Waals surface area (Å²) in [6.07, 6.45) is 0. The van der Waals surface area contributed by atoms with Gasteiger partial charge >= 0.3 is 0 Å². The molecule has 3 nitrogen and oxygen atoms in total. The highest BCUT2D eigenvalue weighted by Crippen LogP contribution is 2.20. The second kappa shape index (κ2) is 3.82. The van der Waals surface area contributed by atoms with E-state index in [2.05, 4.69) is 21.2 Å². The summed E-state index contributed by atoms with van der Waals surface area (Å²) in [6, 6.07) is 1.67. The molecule has 1 N–H and O–H groups in total. The lowest BCUT2D eigenvalue weighted by atomic mass is 10.3. The number of carbonyl (C=O) groups is 2. The number of amides is 2. The molecule has 5 heteroatoms. The highest BCUT2D eigenvalue weighted by atomic mass is 79.9. The Morgan fingerprint density at radius 1 is 1.58 bits per heavy atom. The topological polar surface area (TPSA) is 46.2 Å². The third-order valence-corrected chi connectivity index (χ3v) is 2.62. The molecule has 0 spiro atoms. The Hall–Kier alpha value is -0.680. The summed E-state index contributed by atoms with van der Waals surface area (Å²) in [7, 11) is 0. The molecule has 12 heavy (non-hydrogen) atoms. The minimum absolute atomic E-state index is 0.345. The van der Waals surface area contributed by atoms with E-state index in [4.69, 9.17) is 0 Å². The summed E-state index contributed by atoms with van der Waals surface area (Å²) in [5, 5.41) is 3.86. The van der Waals surface area contributed by atoms with Gasteiger partial charge in [0.05, 0.1) is 9.35 Å². The molecule has 0 unspecified atom stereocenters. The fourth-order valence-corrected chi connectivity index (χ4v) is 1.80. The molecule has 1 rings (SSSR count). The second-order valence-electron chi connectivity index (χ2n) is 2.15. The Bertz CT molecular complexity index is 321. The van der Waals surface area contributed by atoms with Gasteiger partial charge in [-0.15, -0.1) is 11.3 Å². The minimum Gasteiger partial charge on any atom is -0.293 e. The first-order valence-corrected chi connectivity index (χ1v) is 4.83. The van der Waals surface area contributed by atoms with Gasteiger partial charge in [-0.25, -0.2) is 0 Å². The van der Waals surface area contributed by atoms with Crippen molar-refractivity contribution >= 4 is 39.1 Å². The van der Waals surface area contributed by atoms with Crippen molar-refractivity contribution < 1.29 is 9.59 Å². The van der Waals surface area contributed by atoms with Crippen LogP contribution in [0.5, 0.6) is 0 Å². The Morgan fingerprint density at radius 3 is 2.67 bits per heavy atom. The van der Waals surface area contributed by atoms with Crippen LogP contribution in [0.25, 0.3) is 0 Å². The van der Waals surface area contributed by atoms with E-state index in [1.165, 1.54) is 18.3 Å². The lowest BCUT2D eigenvalue weighted by Gasteiger charge is -1.95. The fourth-order valence-electron chi connectivity index (χ4n) is 0.661. The summed E-state index contributed by atoms with van der Waals surface area (Å²) < 4.78 is 0.871. The average Bonchev–Trinajstić information content (AvgIpc) is 2.34. The Kier molecular flexibility index (Phi) is 2.99. The van der Waals surface area contributed by atoms with Gasteiger partial charge in [0.15, 0.2) is 0 Å².